The third kappa shape index (κ3) is 6.14. The molecule has 1 heterocycles. The van der Waals surface area contributed by atoms with Crippen molar-refractivity contribution < 1.29 is 18.4 Å². The monoisotopic (exact) mass is 471 g/mol. The molecule has 176 valence electrons. The van der Waals surface area contributed by atoms with Gasteiger partial charge in [0.2, 0.25) is 11.8 Å². The smallest absolute Gasteiger partial charge is 0.248 e. The van der Waals surface area contributed by atoms with Crippen molar-refractivity contribution >= 4 is 11.8 Å². The predicted molar refractivity (Wildman–Crippen MR) is 129 cm³/mol. The van der Waals surface area contributed by atoms with Gasteiger partial charge in [-0.1, -0.05) is 48.5 Å². The maximum atomic E-state index is 13.9. The number of benzene rings is 3. The Morgan fingerprint density at radius 3 is 2.31 bits per heavy atom. The molecule has 3 N–H and O–H groups in total. The number of nitrogens with zero attached hydrogens (tertiary/aromatic N) is 1. The van der Waals surface area contributed by atoms with Crippen LogP contribution in [-0.4, -0.2) is 16.8 Å². The van der Waals surface area contributed by atoms with Gasteiger partial charge in [0.15, 0.2) is 0 Å². The Kier molecular flexibility index (Phi) is 7.26. The molecule has 0 radical (unpaired) electrons. The largest absolute Gasteiger partial charge is 0.366 e. The number of rotatable bonds is 8. The van der Waals surface area contributed by atoms with E-state index >= 15 is 0 Å². The minimum atomic E-state index is -0.704. The summed E-state index contributed by atoms with van der Waals surface area (Å²) in [4.78, 5) is 29.2. The Labute approximate surface area is 201 Å². The first-order valence-corrected chi connectivity index (χ1v) is 11.0. The van der Waals surface area contributed by atoms with E-state index in [1.165, 1.54) is 12.1 Å². The van der Waals surface area contributed by atoms with Crippen LogP contribution >= 0.6 is 0 Å². The molecular formula is C28H23F2N3O2. The first-order valence-electron chi connectivity index (χ1n) is 11.0. The van der Waals surface area contributed by atoms with Crippen LogP contribution in [0.15, 0.2) is 91.1 Å². The highest BCUT2D eigenvalue weighted by Gasteiger charge is 2.22. The van der Waals surface area contributed by atoms with E-state index in [1.807, 2.05) is 36.4 Å². The fourth-order valence-corrected chi connectivity index (χ4v) is 3.99. The van der Waals surface area contributed by atoms with Crippen molar-refractivity contribution in [3.8, 4) is 11.1 Å². The van der Waals surface area contributed by atoms with E-state index in [0.29, 0.717) is 27.9 Å². The summed E-state index contributed by atoms with van der Waals surface area (Å²) in [5.74, 6) is -2.24. The van der Waals surface area contributed by atoms with Gasteiger partial charge in [0.05, 0.1) is 18.2 Å². The SMILES string of the molecule is NC(=O)c1cccc(-c2cccnc2C(Cc2cc(F)cc(F)c2)NC(=O)Cc2ccccc2)c1. The summed E-state index contributed by atoms with van der Waals surface area (Å²) in [5, 5.41) is 2.98. The number of amides is 2. The number of hydrogen-bond acceptors (Lipinski definition) is 3. The van der Waals surface area contributed by atoms with Gasteiger partial charge in [-0.3, -0.25) is 14.6 Å². The van der Waals surface area contributed by atoms with Crippen molar-refractivity contribution in [2.24, 2.45) is 5.73 Å². The van der Waals surface area contributed by atoms with Gasteiger partial charge in [-0.05, 0) is 53.4 Å². The van der Waals surface area contributed by atoms with Gasteiger partial charge in [-0.25, -0.2) is 8.78 Å². The Hall–Kier alpha value is -4.39. The molecule has 2 amide bonds. The molecule has 4 aromatic rings. The third-order valence-electron chi connectivity index (χ3n) is 5.53. The van der Waals surface area contributed by atoms with E-state index in [9.17, 15) is 18.4 Å². The highest BCUT2D eigenvalue weighted by Crippen LogP contribution is 2.29. The summed E-state index contributed by atoms with van der Waals surface area (Å²) in [6.45, 7) is 0. The predicted octanol–water partition coefficient (Wildman–Crippen LogP) is 4.77. The number of hydrogen-bond donors (Lipinski definition) is 2. The number of carbonyl (C=O) groups excluding carboxylic acids is 2. The summed E-state index contributed by atoms with van der Waals surface area (Å²) >= 11 is 0. The number of halogens is 2. The molecule has 5 nitrogen and oxygen atoms in total. The van der Waals surface area contributed by atoms with E-state index in [2.05, 4.69) is 10.3 Å². The molecule has 0 bridgehead atoms. The number of aromatic nitrogens is 1. The van der Waals surface area contributed by atoms with E-state index in [4.69, 9.17) is 5.73 Å². The molecule has 0 aliphatic heterocycles. The maximum absolute atomic E-state index is 13.9. The minimum Gasteiger partial charge on any atom is -0.366 e. The van der Waals surface area contributed by atoms with Crippen LogP contribution in [-0.2, 0) is 17.6 Å². The summed E-state index contributed by atoms with van der Waals surface area (Å²) in [6, 6.07) is 22.1. The second-order valence-corrected chi connectivity index (χ2v) is 8.15. The average molecular weight is 472 g/mol. The highest BCUT2D eigenvalue weighted by atomic mass is 19.1. The van der Waals surface area contributed by atoms with Crippen LogP contribution in [0.2, 0.25) is 0 Å². The van der Waals surface area contributed by atoms with Crippen LogP contribution in [0.5, 0.6) is 0 Å². The molecule has 1 atom stereocenters. The Morgan fingerprint density at radius 1 is 0.857 bits per heavy atom. The zero-order chi connectivity index (χ0) is 24.8. The van der Waals surface area contributed by atoms with E-state index in [0.717, 1.165) is 11.6 Å². The van der Waals surface area contributed by atoms with Crippen molar-refractivity contribution in [3.05, 3.63) is 125 Å². The van der Waals surface area contributed by atoms with Crippen LogP contribution in [0.4, 0.5) is 8.78 Å². The van der Waals surface area contributed by atoms with E-state index < -0.39 is 23.6 Å². The minimum absolute atomic E-state index is 0.106. The van der Waals surface area contributed by atoms with Crippen molar-refractivity contribution in [2.45, 2.75) is 18.9 Å². The molecule has 35 heavy (non-hydrogen) atoms. The lowest BCUT2D eigenvalue weighted by Crippen LogP contribution is -2.32. The molecule has 0 spiro atoms. The summed E-state index contributed by atoms with van der Waals surface area (Å²) in [7, 11) is 0. The molecule has 4 rings (SSSR count). The molecule has 0 fully saturated rings. The van der Waals surface area contributed by atoms with Crippen LogP contribution in [0.3, 0.4) is 0 Å². The van der Waals surface area contributed by atoms with Gasteiger partial charge in [0, 0.05) is 23.4 Å². The van der Waals surface area contributed by atoms with Gasteiger partial charge < -0.3 is 11.1 Å². The molecule has 0 aliphatic rings. The van der Waals surface area contributed by atoms with Gasteiger partial charge in [-0.15, -0.1) is 0 Å². The van der Waals surface area contributed by atoms with E-state index in [1.54, 1.807) is 36.5 Å². The van der Waals surface area contributed by atoms with Crippen molar-refractivity contribution in [2.75, 3.05) is 0 Å². The van der Waals surface area contributed by atoms with Crippen LogP contribution in [0.1, 0.15) is 33.2 Å². The Morgan fingerprint density at radius 2 is 1.60 bits per heavy atom. The quantitative estimate of drug-likeness (QED) is 0.388. The molecular weight excluding hydrogens is 448 g/mol. The number of nitrogens with one attached hydrogen (secondary N) is 1. The molecule has 3 aromatic carbocycles. The Bertz CT molecular complexity index is 1340. The normalized spacial score (nSPS) is 11.6. The lowest BCUT2D eigenvalue weighted by Gasteiger charge is -2.22. The molecule has 0 saturated carbocycles. The number of carbonyl (C=O) groups is 2. The first-order chi connectivity index (χ1) is 16.9. The first kappa shape index (κ1) is 23.8. The fraction of sp³-hybridized carbons (Fsp3) is 0.107. The lowest BCUT2D eigenvalue weighted by atomic mass is 9.94. The summed E-state index contributed by atoms with van der Waals surface area (Å²) in [5.41, 5.74) is 8.82. The number of pyridine rings is 1. The topological polar surface area (TPSA) is 85.1 Å². The zero-order valence-electron chi connectivity index (χ0n) is 18.7. The zero-order valence-corrected chi connectivity index (χ0v) is 18.7. The fourth-order valence-electron chi connectivity index (χ4n) is 3.99. The molecule has 0 saturated heterocycles. The molecule has 7 heteroatoms. The van der Waals surface area contributed by atoms with Gasteiger partial charge >= 0.3 is 0 Å². The Balaban J connectivity index is 1.72. The van der Waals surface area contributed by atoms with Crippen molar-refractivity contribution in [1.82, 2.24) is 10.3 Å². The van der Waals surface area contributed by atoms with Crippen LogP contribution in [0, 0.1) is 11.6 Å². The van der Waals surface area contributed by atoms with Gasteiger partial charge in [-0.2, -0.15) is 0 Å². The summed E-state index contributed by atoms with van der Waals surface area (Å²) < 4.78 is 27.8. The van der Waals surface area contributed by atoms with Crippen molar-refractivity contribution in [3.63, 3.8) is 0 Å². The van der Waals surface area contributed by atoms with E-state index in [-0.39, 0.29) is 18.7 Å². The maximum Gasteiger partial charge on any atom is 0.248 e. The second-order valence-electron chi connectivity index (χ2n) is 8.15. The second kappa shape index (κ2) is 10.7. The highest BCUT2D eigenvalue weighted by molar-refractivity contribution is 5.94. The average Bonchev–Trinajstić information content (AvgIpc) is 2.84. The van der Waals surface area contributed by atoms with Crippen LogP contribution in [0.25, 0.3) is 11.1 Å². The van der Waals surface area contributed by atoms with Crippen LogP contribution < -0.4 is 11.1 Å². The number of nitrogens with two attached hydrogens (primary N) is 1. The van der Waals surface area contributed by atoms with Gasteiger partial charge in [0.25, 0.3) is 0 Å². The standard InChI is InChI=1S/C28H23F2N3O2/c29-22-12-19(13-23(30)17-22)14-25(33-26(34)15-18-6-2-1-3-7-18)27-24(10-5-11-32-27)20-8-4-9-21(16-20)28(31)35/h1-13,16-17,25H,14-15H2,(H2,31,35)(H,33,34). The third-order valence-corrected chi connectivity index (χ3v) is 5.53. The number of primary amides is 1. The summed E-state index contributed by atoms with van der Waals surface area (Å²) in [6.07, 6.45) is 1.82. The van der Waals surface area contributed by atoms with Gasteiger partial charge in [0.1, 0.15) is 11.6 Å². The molecule has 1 unspecified atom stereocenters. The van der Waals surface area contributed by atoms with Crippen molar-refractivity contribution in [1.29, 1.82) is 0 Å². The molecule has 1 aromatic heterocycles. The molecule has 0 aliphatic carbocycles. The lowest BCUT2D eigenvalue weighted by molar-refractivity contribution is -0.121.